The second kappa shape index (κ2) is 7.77. The first-order valence-electron chi connectivity index (χ1n) is 5.68. The Kier molecular flexibility index (Phi) is 6.66. The molecule has 0 N–H and O–H groups in total. The third-order valence-corrected chi connectivity index (χ3v) is 4.49. The lowest BCUT2D eigenvalue weighted by Crippen LogP contribution is -2.21. The summed E-state index contributed by atoms with van der Waals surface area (Å²) in [6.07, 6.45) is 2.70. The lowest BCUT2D eigenvalue weighted by atomic mass is 10.2. The molecule has 0 aliphatic rings. The highest BCUT2D eigenvalue weighted by Crippen LogP contribution is 2.27. The van der Waals surface area contributed by atoms with E-state index in [0.29, 0.717) is 6.42 Å². The maximum atomic E-state index is 11.3. The van der Waals surface area contributed by atoms with Crippen molar-refractivity contribution in [2.45, 2.75) is 24.2 Å². The normalized spacial score (nSPS) is 10.3. The number of hydrogen-bond acceptors (Lipinski definition) is 2. The van der Waals surface area contributed by atoms with E-state index < -0.39 is 0 Å². The predicted octanol–water partition coefficient (Wildman–Crippen LogP) is 3.80. The Morgan fingerprint density at radius 2 is 2.00 bits per heavy atom. The molecule has 94 valence electrons. The van der Waals surface area contributed by atoms with Crippen LogP contribution in [-0.2, 0) is 4.79 Å². The Hall–Kier alpha value is -0.480. The molecule has 0 aromatic heterocycles. The van der Waals surface area contributed by atoms with Gasteiger partial charge in [0.05, 0.1) is 0 Å². The zero-order valence-corrected chi connectivity index (χ0v) is 12.7. The summed E-state index contributed by atoms with van der Waals surface area (Å²) >= 11 is 5.36. The van der Waals surface area contributed by atoms with Gasteiger partial charge in [-0.15, -0.1) is 11.8 Å². The van der Waals surface area contributed by atoms with Crippen LogP contribution in [0, 0.1) is 0 Å². The van der Waals surface area contributed by atoms with E-state index in [2.05, 4.69) is 28.1 Å². The van der Waals surface area contributed by atoms with Gasteiger partial charge in [0.15, 0.2) is 0 Å². The highest BCUT2D eigenvalue weighted by Gasteiger charge is 2.03. The Balaban J connectivity index is 2.17. The summed E-state index contributed by atoms with van der Waals surface area (Å²) in [5, 5.41) is 0. The summed E-state index contributed by atoms with van der Waals surface area (Å²) in [5.41, 5.74) is 0. The fourth-order valence-corrected chi connectivity index (χ4v) is 2.92. The van der Waals surface area contributed by atoms with Crippen LogP contribution in [0.4, 0.5) is 0 Å². The molecule has 0 aliphatic carbocycles. The summed E-state index contributed by atoms with van der Waals surface area (Å²) in [6, 6.07) is 8.23. The number of halogens is 1. The van der Waals surface area contributed by atoms with Gasteiger partial charge in [0, 0.05) is 29.9 Å². The van der Waals surface area contributed by atoms with Crippen LogP contribution in [0.3, 0.4) is 0 Å². The van der Waals surface area contributed by atoms with Gasteiger partial charge in [-0.2, -0.15) is 0 Å². The number of unbranched alkanes of at least 4 members (excludes halogenated alkanes) is 1. The molecule has 1 amide bonds. The average Bonchev–Trinajstić information content (AvgIpc) is 2.30. The zero-order valence-electron chi connectivity index (χ0n) is 10.3. The molecule has 2 nitrogen and oxygen atoms in total. The number of nitrogens with zero attached hydrogens (tertiary/aromatic N) is 1. The molecule has 17 heavy (non-hydrogen) atoms. The van der Waals surface area contributed by atoms with Crippen molar-refractivity contribution in [3.05, 3.63) is 28.7 Å². The van der Waals surface area contributed by atoms with Gasteiger partial charge in [-0.1, -0.05) is 12.1 Å². The van der Waals surface area contributed by atoms with E-state index in [1.807, 2.05) is 23.9 Å². The fourth-order valence-electron chi connectivity index (χ4n) is 1.35. The molecule has 0 aliphatic heterocycles. The molecule has 0 heterocycles. The van der Waals surface area contributed by atoms with Gasteiger partial charge in [-0.3, -0.25) is 4.79 Å². The van der Waals surface area contributed by atoms with Crippen LogP contribution in [0.25, 0.3) is 0 Å². The van der Waals surface area contributed by atoms with Crippen molar-refractivity contribution in [1.82, 2.24) is 4.90 Å². The number of amides is 1. The quantitative estimate of drug-likeness (QED) is 0.588. The second-order valence-electron chi connectivity index (χ2n) is 4.02. The van der Waals surface area contributed by atoms with E-state index in [4.69, 9.17) is 0 Å². The van der Waals surface area contributed by atoms with Crippen molar-refractivity contribution >= 4 is 33.6 Å². The molecule has 0 atom stereocenters. The highest BCUT2D eigenvalue weighted by molar-refractivity contribution is 9.10. The predicted molar refractivity (Wildman–Crippen MR) is 77.4 cm³/mol. The average molecular weight is 316 g/mol. The number of thioether (sulfide) groups is 1. The first-order chi connectivity index (χ1) is 8.11. The Morgan fingerprint density at radius 1 is 1.29 bits per heavy atom. The van der Waals surface area contributed by atoms with E-state index in [0.717, 1.165) is 23.1 Å². The van der Waals surface area contributed by atoms with Crippen molar-refractivity contribution in [3.63, 3.8) is 0 Å². The van der Waals surface area contributed by atoms with Crippen molar-refractivity contribution < 1.29 is 4.79 Å². The minimum atomic E-state index is 0.218. The van der Waals surface area contributed by atoms with Crippen LogP contribution in [0.5, 0.6) is 0 Å². The maximum Gasteiger partial charge on any atom is 0.222 e. The summed E-state index contributed by atoms with van der Waals surface area (Å²) in [6.45, 7) is 0. The first-order valence-corrected chi connectivity index (χ1v) is 7.46. The minimum Gasteiger partial charge on any atom is -0.349 e. The molecule has 4 heteroatoms. The molecule has 0 radical (unpaired) electrons. The molecule has 0 saturated heterocycles. The number of rotatable bonds is 6. The van der Waals surface area contributed by atoms with Gasteiger partial charge < -0.3 is 4.90 Å². The van der Waals surface area contributed by atoms with Crippen LogP contribution in [0.15, 0.2) is 33.6 Å². The number of carbonyl (C=O) groups is 1. The number of benzene rings is 1. The summed E-state index contributed by atoms with van der Waals surface area (Å²) in [5.74, 6) is 1.28. The van der Waals surface area contributed by atoms with E-state index in [-0.39, 0.29) is 5.91 Å². The summed E-state index contributed by atoms with van der Waals surface area (Å²) < 4.78 is 1.15. The third-order valence-electron chi connectivity index (χ3n) is 2.38. The number of hydrogen-bond donors (Lipinski definition) is 0. The largest absolute Gasteiger partial charge is 0.349 e. The molecule has 1 rings (SSSR count). The van der Waals surface area contributed by atoms with Crippen molar-refractivity contribution in [2.24, 2.45) is 0 Å². The maximum absolute atomic E-state index is 11.3. The lowest BCUT2D eigenvalue weighted by Gasteiger charge is -2.09. The Bertz CT molecular complexity index is 368. The highest BCUT2D eigenvalue weighted by atomic mass is 79.9. The van der Waals surface area contributed by atoms with Gasteiger partial charge in [-0.05, 0) is 46.7 Å². The standard InChI is InChI=1S/C13H18BrNOS/c1-15(2)13(16)9-5-6-10-17-12-8-4-3-7-11(12)14/h3-4,7-8H,5-6,9-10H2,1-2H3. The number of carbonyl (C=O) groups excluding carboxylic acids is 1. The molecule has 0 spiro atoms. The minimum absolute atomic E-state index is 0.218. The monoisotopic (exact) mass is 315 g/mol. The van der Waals surface area contributed by atoms with Crippen LogP contribution in [0.2, 0.25) is 0 Å². The second-order valence-corrected chi connectivity index (χ2v) is 6.02. The fraction of sp³-hybridized carbons (Fsp3) is 0.462. The van der Waals surface area contributed by atoms with E-state index in [1.54, 1.807) is 19.0 Å². The summed E-state index contributed by atoms with van der Waals surface area (Å²) in [4.78, 5) is 14.3. The van der Waals surface area contributed by atoms with Crippen LogP contribution < -0.4 is 0 Å². The van der Waals surface area contributed by atoms with E-state index in [1.165, 1.54) is 4.90 Å². The van der Waals surface area contributed by atoms with Gasteiger partial charge in [-0.25, -0.2) is 0 Å². The topological polar surface area (TPSA) is 20.3 Å². The van der Waals surface area contributed by atoms with Crippen LogP contribution in [0.1, 0.15) is 19.3 Å². The van der Waals surface area contributed by atoms with Gasteiger partial charge in [0.1, 0.15) is 0 Å². The molecule has 0 fully saturated rings. The van der Waals surface area contributed by atoms with Crippen LogP contribution >= 0.6 is 27.7 Å². The molecule has 0 unspecified atom stereocenters. The molecule has 0 saturated carbocycles. The molecule has 1 aromatic carbocycles. The zero-order chi connectivity index (χ0) is 12.7. The van der Waals surface area contributed by atoms with Gasteiger partial charge >= 0.3 is 0 Å². The smallest absolute Gasteiger partial charge is 0.222 e. The van der Waals surface area contributed by atoms with Gasteiger partial charge in [0.25, 0.3) is 0 Å². The van der Waals surface area contributed by atoms with E-state index in [9.17, 15) is 4.79 Å². The lowest BCUT2D eigenvalue weighted by molar-refractivity contribution is -0.128. The van der Waals surface area contributed by atoms with Gasteiger partial charge in [0.2, 0.25) is 5.91 Å². The van der Waals surface area contributed by atoms with Crippen molar-refractivity contribution in [2.75, 3.05) is 19.8 Å². The molecular formula is C13H18BrNOS. The van der Waals surface area contributed by atoms with Crippen molar-refractivity contribution in [1.29, 1.82) is 0 Å². The summed E-state index contributed by atoms with van der Waals surface area (Å²) in [7, 11) is 3.61. The van der Waals surface area contributed by atoms with Crippen molar-refractivity contribution in [3.8, 4) is 0 Å². The molecular weight excluding hydrogens is 298 g/mol. The molecule has 1 aromatic rings. The van der Waals surface area contributed by atoms with Crippen LogP contribution in [-0.4, -0.2) is 30.7 Å². The third kappa shape index (κ3) is 5.59. The SMILES string of the molecule is CN(C)C(=O)CCCCSc1ccccc1Br. The first kappa shape index (κ1) is 14.6. The Labute approximate surface area is 116 Å². The molecule has 0 bridgehead atoms. The van der Waals surface area contributed by atoms with E-state index >= 15 is 0 Å². The Morgan fingerprint density at radius 3 is 2.65 bits per heavy atom.